The number of nitrogens with zero attached hydrogens (tertiary/aromatic N) is 1. The lowest BCUT2D eigenvalue weighted by molar-refractivity contribution is -0.0906. The molecule has 0 saturated carbocycles. The molecule has 2 N–H and O–H groups in total. The van der Waals surface area contributed by atoms with Crippen LogP contribution in [0.1, 0.15) is 16.1 Å². The van der Waals surface area contributed by atoms with Crippen molar-refractivity contribution < 1.29 is 18.3 Å². The van der Waals surface area contributed by atoms with E-state index in [-0.39, 0.29) is 11.3 Å². The Balaban J connectivity index is 2.94. The molecule has 0 fully saturated rings. The molecule has 0 unspecified atom stereocenters. The van der Waals surface area contributed by atoms with Gasteiger partial charge in [-0.2, -0.15) is 8.78 Å². The number of nitrogen functional groups attached to an aromatic ring is 1. The van der Waals surface area contributed by atoms with Crippen LogP contribution in [-0.4, -0.2) is 17.6 Å². The van der Waals surface area contributed by atoms with Gasteiger partial charge < -0.3 is 10.5 Å². The summed E-state index contributed by atoms with van der Waals surface area (Å²) in [4.78, 5) is 14.8. The monoisotopic (exact) mass is 202 g/mol. The molecule has 6 heteroatoms. The summed E-state index contributed by atoms with van der Waals surface area (Å²) >= 11 is 0. The largest absolute Gasteiger partial charge is 0.399 e. The highest BCUT2D eigenvalue weighted by molar-refractivity contribution is 5.91. The molecule has 1 aromatic heterocycles. The number of nitrogens with two attached hydrogens (primary N) is 1. The number of hydrogen-bond acceptors (Lipinski definition) is 4. The minimum atomic E-state index is -3.14. The van der Waals surface area contributed by atoms with E-state index in [1.165, 1.54) is 19.2 Å². The first-order valence-corrected chi connectivity index (χ1v) is 3.72. The Kier molecular flexibility index (Phi) is 2.95. The Morgan fingerprint density at radius 2 is 2.29 bits per heavy atom. The highest BCUT2D eigenvalue weighted by Gasteiger charge is 2.16. The fourth-order valence-electron chi connectivity index (χ4n) is 0.900. The van der Waals surface area contributed by atoms with Crippen LogP contribution in [0.5, 0.6) is 0 Å². The van der Waals surface area contributed by atoms with E-state index in [1.807, 2.05) is 0 Å². The summed E-state index contributed by atoms with van der Waals surface area (Å²) < 4.78 is 27.1. The summed E-state index contributed by atoms with van der Waals surface area (Å²) in [7, 11) is 0. The Hall–Kier alpha value is -1.72. The predicted molar refractivity (Wildman–Crippen MR) is 44.8 cm³/mol. The number of pyridine rings is 1. The summed E-state index contributed by atoms with van der Waals surface area (Å²) in [5.41, 5.74) is 5.80. The van der Waals surface area contributed by atoms with Crippen molar-refractivity contribution in [2.45, 2.75) is 13.5 Å². The zero-order valence-corrected chi connectivity index (χ0v) is 7.33. The molecule has 0 radical (unpaired) electrons. The zero-order valence-electron chi connectivity index (χ0n) is 7.33. The summed E-state index contributed by atoms with van der Waals surface area (Å²) in [6.45, 7) is -1.63. The first-order chi connectivity index (χ1) is 6.50. The number of hydrogen-bond donors (Lipinski definition) is 1. The van der Waals surface area contributed by atoms with Gasteiger partial charge in [-0.1, -0.05) is 0 Å². The third-order valence-corrected chi connectivity index (χ3v) is 1.52. The number of aryl methyl sites for hydroxylation is 1. The van der Waals surface area contributed by atoms with E-state index in [2.05, 4.69) is 9.72 Å². The second kappa shape index (κ2) is 3.99. The number of rotatable bonds is 2. The maximum atomic E-state index is 11.7. The summed E-state index contributed by atoms with van der Waals surface area (Å²) in [5, 5.41) is 0. The van der Waals surface area contributed by atoms with Crippen LogP contribution in [0.4, 0.5) is 14.5 Å². The minimum Gasteiger partial charge on any atom is -0.399 e. The number of anilines is 1. The molecule has 1 rings (SSSR count). The van der Waals surface area contributed by atoms with Crippen LogP contribution in [0.3, 0.4) is 0 Å². The SMILES string of the molecule is Cc1ncc(N)cc1C(=O)OC(F)F. The van der Waals surface area contributed by atoms with E-state index in [4.69, 9.17) is 5.73 Å². The molecule has 1 heterocycles. The van der Waals surface area contributed by atoms with Gasteiger partial charge in [0.2, 0.25) is 0 Å². The van der Waals surface area contributed by atoms with Gasteiger partial charge in [0.1, 0.15) is 0 Å². The van der Waals surface area contributed by atoms with Gasteiger partial charge in [0.05, 0.1) is 23.1 Å². The van der Waals surface area contributed by atoms with Crippen LogP contribution in [-0.2, 0) is 4.74 Å². The number of aromatic nitrogens is 1. The maximum absolute atomic E-state index is 11.7. The molecule has 0 spiro atoms. The lowest BCUT2D eigenvalue weighted by Gasteiger charge is -2.05. The molecule has 0 aliphatic rings. The van der Waals surface area contributed by atoms with Gasteiger partial charge >= 0.3 is 12.6 Å². The van der Waals surface area contributed by atoms with Gasteiger partial charge in [0.25, 0.3) is 0 Å². The van der Waals surface area contributed by atoms with E-state index in [0.717, 1.165) is 0 Å². The fraction of sp³-hybridized carbons (Fsp3) is 0.250. The average Bonchev–Trinajstić information content (AvgIpc) is 2.08. The van der Waals surface area contributed by atoms with E-state index in [1.54, 1.807) is 0 Å². The number of esters is 1. The van der Waals surface area contributed by atoms with Crippen LogP contribution in [0.15, 0.2) is 12.3 Å². The number of halogens is 2. The molecule has 0 aromatic carbocycles. The molecule has 76 valence electrons. The smallest absolute Gasteiger partial charge is 0.389 e. The summed E-state index contributed by atoms with van der Waals surface area (Å²) in [6.07, 6.45) is 1.33. The Morgan fingerprint density at radius 3 is 2.86 bits per heavy atom. The minimum absolute atomic E-state index is 0.0506. The first kappa shape index (κ1) is 10.4. The van der Waals surface area contributed by atoms with Gasteiger partial charge in [-0.05, 0) is 13.0 Å². The first-order valence-electron chi connectivity index (χ1n) is 3.72. The molecule has 14 heavy (non-hydrogen) atoms. The lowest BCUT2D eigenvalue weighted by atomic mass is 10.2. The van der Waals surface area contributed by atoms with Crippen LogP contribution in [0.2, 0.25) is 0 Å². The molecule has 1 aromatic rings. The van der Waals surface area contributed by atoms with Crippen molar-refractivity contribution in [1.82, 2.24) is 4.98 Å². The number of carbonyl (C=O) groups is 1. The van der Waals surface area contributed by atoms with Crippen LogP contribution in [0, 0.1) is 6.92 Å². The lowest BCUT2D eigenvalue weighted by Crippen LogP contribution is -2.12. The van der Waals surface area contributed by atoms with Crippen molar-refractivity contribution in [2.24, 2.45) is 0 Å². The molecular formula is C8H8F2N2O2. The van der Waals surface area contributed by atoms with Crippen LogP contribution < -0.4 is 5.73 Å². The second-order valence-corrected chi connectivity index (χ2v) is 2.57. The quantitative estimate of drug-likeness (QED) is 0.735. The van der Waals surface area contributed by atoms with Crippen molar-refractivity contribution in [1.29, 1.82) is 0 Å². The van der Waals surface area contributed by atoms with E-state index in [9.17, 15) is 13.6 Å². The Bertz CT molecular complexity index is 355. The average molecular weight is 202 g/mol. The second-order valence-electron chi connectivity index (χ2n) is 2.57. The molecule has 0 aliphatic carbocycles. The van der Waals surface area contributed by atoms with Gasteiger partial charge in [0, 0.05) is 0 Å². The van der Waals surface area contributed by atoms with Crippen molar-refractivity contribution in [3.8, 4) is 0 Å². The molecular weight excluding hydrogens is 194 g/mol. The fourth-order valence-corrected chi connectivity index (χ4v) is 0.900. The third kappa shape index (κ3) is 2.38. The molecule has 0 saturated heterocycles. The molecule has 0 aliphatic heterocycles. The normalized spacial score (nSPS) is 10.3. The summed E-state index contributed by atoms with van der Waals surface area (Å²) in [5.74, 6) is -1.13. The van der Waals surface area contributed by atoms with E-state index >= 15 is 0 Å². The zero-order chi connectivity index (χ0) is 10.7. The van der Waals surface area contributed by atoms with Crippen LogP contribution in [0.25, 0.3) is 0 Å². The number of alkyl halides is 2. The van der Waals surface area contributed by atoms with Gasteiger partial charge in [-0.15, -0.1) is 0 Å². The number of carbonyl (C=O) groups excluding carboxylic acids is 1. The Morgan fingerprint density at radius 1 is 1.64 bits per heavy atom. The van der Waals surface area contributed by atoms with E-state index < -0.39 is 12.6 Å². The predicted octanol–water partition coefficient (Wildman–Crippen LogP) is 1.35. The number of ether oxygens (including phenoxy) is 1. The standard InChI is InChI=1S/C8H8F2N2O2/c1-4-6(2-5(11)3-12-4)7(13)14-8(9)10/h2-3,8H,11H2,1H3. The molecule has 4 nitrogen and oxygen atoms in total. The molecule has 0 amide bonds. The highest BCUT2D eigenvalue weighted by Crippen LogP contribution is 2.12. The van der Waals surface area contributed by atoms with Gasteiger partial charge in [-0.25, -0.2) is 4.79 Å². The summed E-state index contributed by atoms with van der Waals surface area (Å²) in [6, 6.07) is 1.24. The van der Waals surface area contributed by atoms with Crippen molar-refractivity contribution in [3.05, 3.63) is 23.5 Å². The Labute approximate surface area is 78.7 Å². The topological polar surface area (TPSA) is 65.2 Å². The van der Waals surface area contributed by atoms with Crippen molar-refractivity contribution in [2.75, 3.05) is 5.73 Å². The van der Waals surface area contributed by atoms with Gasteiger partial charge in [-0.3, -0.25) is 4.98 Å². The van der Waals surface area contributed by atoms with E-state index in [0.29, 0.717) is 5.69 Å². The van der Waals surface area contributed by atoms with Crippen LogP contribution >= 0.6 is 0 Å². The maximum Gasteiger partial charge on any atom is 0.389 e. The van der Waals surface area contributed by atoms with Gasteiger partial charge in [0.15, 0.2) is 0 Å². The molecule has 0 bridgehead atoms. The third-order valence-electron chi connectivity index (χ3n) is 1.52. The highest BCUT2D eigenvalue weighted by atomic mass is 19.3. The van der Waals surface area contributed by atoms with Crippen molar-refractivity contribution >= 4 is 11.7 Å². The van der Waals surface area contributed by atoms with Crippen molar-refractivity contribution in [3.63, 3.8) is 0 Å². The molecule has 0 atom stereocenters.